The van der Waals surface area contributed by atoms with Gasteiger partial charge in [-0.25, -0.2) is 13.6 Å². The van der Waals surface area contributed by atoms with E-state index in [1.54, 1.807) is 6.20 Å². The SMILES string of the molecule is COC1(C(=O)O)CC(c2c(C(C)(C)CC#N)n(-c3ccc(F)c(F)c3)c3cc4cn[nH]c4cc23)C1. The van der Waals surface area contributed by atoms with Crippen LogP contribution in [0.3, 0.4) is 0 Å². The summed E-state index contributed by atoms with van der Waals surface area (Å²) < 4.78 is 35.5. The van der Waals surface area contributed by atoms with Crippen LogP contribution in [-0.2, 0) is 14.9 Å². The van der Waals surface area contributed by atoms with Gasteiger partial charge in [-0.15, -0.1) is 0 Å². The van der Waals surface area contributed by atoms with Crippen molar-refractivity contribution in [2.75, 3.05) is 7.11 Å². The number of aromatic nitrogens is 3. The second kappa shape index (κ2) is 7.89. The molecule has 180 valence electrons. The van der Waals surface area contributed by atoms with Gasteiger partial charge < -0.3 is 14.4 Å². The Morgan fingerprint density at radius 3 is 2.69 bits per heavy atom. The summed E-state index contributed by atoms with van der Waals surface area (Å²) in [6, 6.07) is 9.84. The molecular formula is C26H24F2N4O3. The summed E-state index contributed by atoms with van der Waals surface area (Å²) in [6.07, 6.45) is 2.36. The van der Waals surface area contributed by atoms with Gasteiger partial charge in [0.05, 0.1) is 23.3 Å². The van der Waals surface area contributed by atoms with Gasteiger partial charge in [0.2, 0.25) is 0 Å². The first-order chi connectivity index (χ1) is 16.6. The molecule has 0 bridgehead atoms. The topological polar surface area (TPSA) is 104 Å². The number of benzene rings is 2. The number of hydrogen-bond acceptors (Lipinski definition) is 4. The van der Waals surface area contributed by atoms with Gasteiger partial charge in [0, 0.05) is 47.2 Å². The lowest BCUT2D eigenvalue weighted by atomic mass is 9.65. The number of methoxy groups -OCH3 is 1. The van der Waals surface area contributed by atoms with Crippen molar-refractivity contribution < 1.29 is 23.4 Å². The fourth-order valence-electron chi connectivity index (χ4n) is 5.37. The van der Waals surface area contributed by atoms with E-state index in [-0.39, 0.29) is 25.2 Å². The highest BCUT2D eigenvalue weighted by Gasteiger charge is 2.53. The second-order valence-corrected chi connectivity index (χ2v) is 9.85. The second-order valence-electron chi connectivity index (χ2n) is 9.85. The minimum Gasteiger partial charge on any atom is -0.479 e. The number of ether oxygens (including phenoxy) is 1. The Kier molecular flexibility index (Phi) is 5.18. The van der Waals surface area contributed by atoms with Gasteiger partial charge in [-0.2, -0.15) is 10.4 Å². The number of aliphatic carboxylic acids is 1. The number of hydrogen-bond donors (Lipinski definition) is 2. The Hall–Kier alpha value is -3.77. The maximum Gasteiger partial charge on any atom is 0.335 e. The third kappa shape index (κ3) is 3.40. The molecule has 2 aromatic heterocycles. The number of fused-ring (bicyclic) bond motifs is 2. The van der Waals surface area contributed by atoms with Crippen LogP contribution < -0.4 is 0 Å². The molecule has 1 saturated carbocycles. The standard InChI is InChI=1S/C26H24F2N4O3/c1-25(2,6-7-29)23-22(15-11-26(12-15,35-3)24(33)34)17-10-20-14(13-30-31-20)8-21(17)32(23)16-4-5-18(27)19(28)9-16/h4-5,8-10,13,15H,6,11-12H2,1-3H3,(H,30,31)(H,33,34). The fraction of sp³-hybridized carbons (Fsp3) is 0.346. The third-order valence-electron chi connectivity index (χ3n) is 7.23. The smallest absolute Gasteiger partial charge is 0.335 e. The van der Waals surface area contributed by atoms with E-state index >= 15 is 0 Å². The Labute approximate surface area is 199 Å². The molecule has 2 heterocycles. The number of H-pyrrole nitrogens is 1. The molecule has 35 heavy (non-hydrogen) atoms. The Morgan fingerprint density at radius 2 is 2.06 bits per heavy atom. The first kappa shape index (κ1) is 23.0. The monoisotopic (exact) mass is 478 g/mol. The predicted molar refractivity (Wildman–Crippen MR) is 125 cm³/mol. The normalized spacial score (nSPS) is 20.2. The minimum absolute atomic E-state index is 0.167. The van der Waals surface area contributed by atoms with E-state index in [1.807, 2.05) is 30.5 Å². The number of halogens is 2. The molecule has 0 unspecified atom stereocenters. The zero-order valence-electron chi connectivity index (χ0n) is 19.5. The van der Waals surface area contributed by atoms with E-state index in [0.29, 0.717) is 5.69 Å². The molecular weight excluding hydrogens is 454 g/mol. The molecule has 0 amide bonds. The summed E-state index contributed by atoms with van der Waals surface area (Å²) in [6.45, 7) is 3.86. The zero-order valence-corrected chi connectivity index (χ0v) is 19.5. The molecule has 7 nitrogen and oxygen atoms in total. The summed E-state index contributed by atoms with van der Waals surface area (Å²) in [5, 5.41) is 28.1. The highest BCUT2D eigenvalue weighted by molar-refractivity contribution is 5.99. The number of carboxylic acids is 1. The van der Waals surface area contributed by atoms with Crippen molar-refractivity contribution >= 4 is 27.8 Å². The van der Waals surface area contributed by atoms with Crippen LogP contribution in [0.4, 0.5) is 8.78 Å². The highest BCUT2D eigenvalue weighted by Crippen LogP contribution is 2.53. The number of nitrogens with zero attached hydrogens (tertiary/aromatic N) is 3. The Balaban J connectivity index is 1.86. The lowest BCUT2D eigenvalue weighted by molar-refractivity contribution is -0.175. The van der Waals surface area contributed by atoms with Crippen molar-refractivity contribution in [3.05, 3.63) is 59.4 Å². The minimum atomic E-state index is -1.28. The van der Waals surface area contributed by atoms with Crippen LogP contribution in [0, 0.1) is 23.0 Å². The van der Waals surface area contributed by atoms with Gasteiger partial charge in [-0.1, -0.05) is 13.8 Å². The maximum absolute atomic E-state index is 14.4. The Morgan fingerprint density at radius 1 is 1.31 bits per heavy atom. The van der Waals surface area contributed by atoms with Crippen molar-refractivity contribution in [3.8, 4) is 11.8 Å². The van der Waals surface area contributed by atoms with Crippen molar-refractivity contribution in [1.29, 1.82) is 5.26 Å². The average Bonchev–Trinajstić information content (AvgIpc) is 3.36. The summed E-state index contributed by atoms with van der Waals surface area (Å²) in [5.41, 5.74) is 1.63. The fourth-order valence-corrected chi connectivity index (χ4v) is 5.37. The molecule has 2 N–H and O–H groups in total. The molecule has 0 spiro atoms. The first-order valence-electron chi connectivity index (χ1n) is 11.2. The molecule has 0 aliphatic heterocycles. The van der Waals surface area contributed by atoms with Crippen LogP contribution >= 0.6 is 0 Å². The third-order valence-corrected chi connectivity index (χ3v) is 7.23. The molecule has 1 fully saturated rings. The predicted octanol–water partition coefficient (Wildman–Crippen LogP) is 5.32. The number of nitrogens with one attached hydrogen (secondary N) is 1. The zero-order chi connectivity index (χ0) is 25.1. The summed E-state index contributed by atoms with van der Waals surface area (Å²) >= 11 is 0. The van der Waals surface area contributed by atoms with Crippen molar-refractivity contribution in [1.82, 2.24) is 14.8 Å². The van der Waals surface area contributed by atoms with Gasteiger partial charge in [0.25, 0.3) is 0 Å². The average molecular weight is 478 g/mol. The van der Waals surface area contributed by atoms with E-state index in [9.17, 15) is 23.9 Å². The molecule has 5 rings (SSSR count). The lowest BCUT2D eigenvalue weighted by Gasteiger charge is -2.44. The van der Waals surface area contributed by atoms with E-state index in [4.69, 9.17) is 4.74 Å². The summed E-state index contributed by atoms with van der Waals surface area (Å²) in [4.78, 5) is 11.9. The summed E-state index contributed by atoms with van der Waals surface area (Å²) in [5.74, 6) is -3.12. The van der Waals surface area contributed by atoms with E-state index in [0.717, 1.165) is 45.2 Å². The number of carbonyl (C=O) groups is 1. The molecule has 0 atom stereocenters. The van der Waals surface area contributed by atoms with Crippen LogP contribution in [0.2, 0.25) is 0 Å². The quantitative estimate of drug-likeness (QED) is 0.390. The number of carboxylic acid groups (broad SMARTS) is 1. The Bertz CT molecular complexity index is 1520. The van der Waals surface area contributed by atoms with Crippen molar-refractivity contribution in [2.24, 2.45) is 0 Å². The van der Waals surface area contributed by atoms with E-state index in [1.165, 1.54) is 13.2 Å². The van der Waals surface area contributed by atoms with Gasteiger partial charge in [-0.05, 0) is 48.6 Å². The molecule has 4 aromatic rings. The molecule has 1 aliphatic carbocycles. The van der Waals surface area contributed by atoms with Crippen molar-refractivity contribution in [2.45, 2.75) is 50.0 Å². The van der Waals surface area contributed by atoms with Crippen LogP contribution in [0.5, 0.6) is 0 Å². The van der Waals surface area contributed by atoms with Crippen LogP contribution in [0.1, 0.15) is 50.3 Å². The van der Waals surface area contributed by atoms with Gasteiger partial charge in [0.15, 0.2) is 17.2 Å². The van der Waals surface area contributed by atoms with Crippen LogP contribution in [0.25, 0.3) is 27.5 Å². The van der Waals surface area contributed by atoms with Gasteiger partial charge in [-0.3, -0.25) is 5.10 Å². The van der Waals surface area contributed by atoms with Crippen molar-refractivity contribution in [3.63, 3.8) is 0 Å². The molecule has 9 heteroatoms. The molecule has 0 radical (unpaired) electrons. The van der Waals surface area contributed by atoms with Crippen LogP contribution in [-0.4, -0.2) is 38.6 Å². The molecule has 2 aromatic carbocycles. The number of aromatic amines is 1. The largest absolute Gasteiger partial charge is 0.479 e. The highest BCUT2D eigenvalue weighted by atomic mass is 19.2. The molecule has 0 saturated heterocycles. The maximum atomic E-state index is 14.4. The summed E-state index contributed by atoms with van der Waals surface area (Å²) in [7, 11) is 1.39. The molecule has 1 aliphatic rings. The van der Waals surface area contributed by atoms with Crippen LogP contribution in [0.15, 0.2) is 36.5 Å². The lowest BCUT2D eigenvalue weighted by Crippen LogP contribution is -2.51. The van der Waals surface area contributed by atoms with Gasteiger partial charge in [0.1, 0.15) is 0 Å². The number of nitriles is 1. The van der Waals surface area contributed by atoms with E-state index < -0.39 is 28.6 Å². The van der Waals surface area contributed by atoms with E-state index in [2.05, 4.69) is 16.3 Å². The first-order valence-corrected chi connectivity index (χ1v) is 11.2. The number of rotatable bonds is 6. The van der Waals surface area contributed by atoms with Gasteiger partial charge >= 0.3 is 5.97 Å².